The number of amides is 2. The second-order valence-corrected chi connectivity index (χ2v) is 4.94. The highest BCUT2D eigenvalue weighted by molar-refractivity contribution is 5.77. The van der Waals surface area contributed by atoms with Gasteiger partial charge in [0.1, 0.15) is 0 Å². The number of β-amino-alcohol motifs (C(OH)–C–C–N with tert-alkyl or cyclic N) is 1. The molecule has 1 saturated heterocycles. The first kappa shape index (κ1) is 12.9. The normalized spacial score (nSPS) is 19.8. The summed E-state index contributed by atoms with van der Waals surface area (Å²) in [6.45, 7) is 5.21. The van der Waals surface area contributed by atoms with Crippen LogP contribution in [0.25, 0.3) is 0 Å². The van der Waals surface area contributed by atoms with E-state index in [0.717, 1.165) is 0 Å². The molecule has 2 rings (SSSR count). The Hall–Kier alpha value is -1.55. The molecule has 1 aromatic carbocycles. The monoisotopic (exact) mass is 248 g/mol. The Morgan fingerprint density at radius 1 is 1.39 bits per heavy atom. The van der Waals surface area contributed by atoms with Crippen molar-refractivity contribution in [2.75, 3.05) is 26.7 Å². The van der Waals surface area contributed by atoms with Crippen LogP contribution in [0.15, 0.2) is 18.2 Å². The van der Waals surface area contributed by atoms with Crippen LogP contribution in [-0.2, 0) is 0 Å². The van der Waals surface area contributed by atoms with Gasteiger partial charge in [-0.15, -0.1) is 0 Å². The zero-order valence-corrected chi connectivity index (χ0v) is 11.2. The number of benzene rings is 1. The maximum absolute atomic E-state index is 12.0. The summed E-state index contributed by atoms with van der Waals surface area (Å²) in [5, 5.41) is 8.97. The average molecular weight is 248 g/mol. The van der Waals surface area contributed by atoms with Gasteiger partial charge in [0.25, 0.3) is 0 Å². The standard InChI is InChI=1S/C14H20N2O2/c1-10-4-5-11(2)12(8-10)13-9-16(6-7-17)14(18)15(13)3/h4-5,8,13,17H,6-7,9H2,1-3H3. The fraction of sp³-hybridized carbons (Fsp3) is 0.500. The minimum Gasteiger partial charge on any atom is -0.395 e. The third-order valence-electron chi connectivity index (χ3n) is 3.60. The zero-order chi connectivity index (χ0) is 13.3. The van der Waals surface area contributed by atoms with E-state index in [-0.39, 0.29) is 18.7 Å². The minimum absolute atomic E-state index is 0.00467. The van der Waals surface area contributed by atoms with Crippen LogP contribution in [-0.4, -0.2) is 47.7 Å². The number of urea groups is 1. The number of carbonyl (C=O) groups is 1. The second kappa shape index (κ2) is 4.98. The topological polar surface area (TPSA) is 43.8 Å². The van der Waals surface area contributed by atoms with Gasteiger partial charge in [0.05, 0.1) is 12.6 Å². The lowest BCUT2D eigenvalue weighted by atomic mass is 9.99. The number of likely N-dealkylation sites (N-methyl/N-ethyl adjacent to an activating group) is 1. The molecule has 0 bridgehead atoms. The molecule has 4 heteroatoms. The summed E-state index contributed by atoms with van der Waals surface area (Å²) in [7, 11) is 1.83. The van der Waals surface area contributed by atoms with Crippen LogP contribution in [0.5, 0.6) is 0 Å². The fourth-order valence-electron chi connectivity index (χ4n) is 2.50. The highest BCUT2D eigenvalue weighted by Gasteiger charge is 2.35. The van der Waals surface area contributed by atoms with E-state index >= 15 is 0 Å². The van der Waals surface area contributed by atoms with Crippen molar-refractivity contribution in [1.82, 2.24) is 9.80 Å². The van der Waals surface area contributed by atoms with Crippen LogP contribution in [0, 0.1) is 13.8 Å². The van der Waals surface area contributed by atoms with Crippen molar-refractivity contribution >= 4 is 6.03 Å². The van der Waals surface area contributed by atoms with Crippen molar-refractivity contribution in [2.45, 2.75) is 19.9 Å². The van der Waals surface area contributed by atoms with E-state index in [2.05, 4.69) is 32.0 Å². The predicted octanol–water partition coefficient (Wildman–Crippen LogP) is 1.70. The lowest BCUT2D eigenvalue weighted by molar-refractivity contribution is 0.182. The Labute approximate surface area is 108 Å². The molecule has 0 spiro atoms. The highest BCUT2D eigenvalue weighted by atomic mass is 16.3. The molecule has 18 heavy (non-hydrogen) atoms. The van der Waals surface area contributed by atoms with E-state index in [0.29, 0.717) is 13.1 Å². The summed E-state index contributed by atoms with van der Waals surface area (Å²) >= 11 is 0. The zero-order valence-electron chi connectivity index (χ0n) is 11.2. The first-order chi connectivity index (χ1) is 8.54. The predicted molar refractivity (Wildman–Crippen MR) is 70.5 cm³/mol. The molecule has 2 amide bonds. The number of aliphatic hydroxyl groups excluding tert-OH is 1. The van der Waals surface area contributed by atoms with Gasteiger partial charge in [-0.3, -0.25) is 0 Å². The minimum atomic E-state index is -0.00467. The van der Waals surface area contributed by atoms with Gasteiger partial charge < -0.3 is 14.9 Å². The lowest BCUT2D eigenvalue weighted by Crippen LogP contribution is -2.31. The Kier molecular flexibility index (Phi) is 3.57. The maximum Gasteiger partial charge on any atom is 0.320 e. The average Bonchev–Trinajstić information content (AvgIpc) is 2.61. The Balaban J connectivity index is 2.29. The van der Waals surface area contributed by atoms with Crippen molar-refractivity contribution in [3.05, 3.63) is 34.9 Å². The van der Waals surface area contributed by atoms with Gasteiger partial charge in [0.2, 0.25) is 0 Å². The van der Waals surface area contributed by atoms with Crippen LogP contribution in [0.3, 0.4) is 0 Å². The number of rotatable bonds is 3. The molecule has 1 N–H and O–H groups in total. The summed E-state index contributed by atoms with van der Waals surface area (Å²) in [4.78, 5) is 15.5. The smallest absolute Gasteiger partial charge is 0.320 e. The van der Waals surface area contributed by atoms with Crippen molar-refractivity contribution in [1.29, 1.82) is 0 Å². The number of hydrogen-bond donors (Lipinski definition) is 1. The molecule has 0 radical (unpaired) electrons. The van der Waals surface area contributed by atoms with E-state index in [1.165, 1.54) is 16.7 Å². The summed E-state index contributed by atoms with van der Waals surface area (Å²) in [5.74, 6) is 0. The molecule has 0 saturated carbocycles. The molecule has 4 nitrogen and oxygen atoms in total. The molecule has 1 fully saturated rings. The van der Waals surface area contributed by atoms with Gasteiger partial charge in [0, 0.05) is 20.1 Å². The Bertz CT molecular complexity index is 459. The van der Waals surface area contributed by atoms with E-state index in [1.807, 2.05) is 7.05 Å². The van der Waals surface area contributed by atoms with Gasteiger partial charge in [-0.05, 0) is 25.0 Å². The molecule has 1 aliphatic rings. The van der Waals surface area contributed by atoms with Gasteiger partial charge >= 0.3 is 6.03 Å². The van der Waals surface area contributed by atoms with Crippen LogP contribution < -0.4 is 0 Å². The Morgan fingerprint density at radius 3 is 2.78 bits per heavy atom. The molecule has 1 heterocycles. The van der Waals surface area contributed by atoms with Crippen LogP contribution in [0.2, 0.25) is 0 Å². The van der Waals surface area contributed by atoms with Crippen molar-refractivity contribution in [3.63, 3.8) is 0 Å². The van der Waals surface area contributed by atoms with Crippen molar-refractivity contribution in [3.8, 4) is 0 Å². The van der Waals surface area contributed by atoms with E-state index < -0.39 is 0 Å². The summed E-state index contributed by atoms with van der Waals surface area (Å²) in [6, 6.07) is 6.41. The number of aliphatic hydroxyl groups is 1. The van der Waals surface area contributed by atoms with Gasteiger partial charge in [-0.1, -0.05) is 23.8 Å². The summed E-state index contributed by atoms with van der Waals surface area (Å²) < 4.78 is 0. The van der Waals surface area contributed by atoms with Crippen LogP contribution >= 0.6 is 0 Å². The molecule has 1 aromatic rings. The number of aryl methyl sites for hydroxylation is 2. The van der Waals surface area contributed by atoms with Crippen LogP contribution in [0.4, 0.5) is 4.79 Å². The molecule has 1 atom stereocenters. The van der Waals surface area contributed by atoms with E-state index in [1.54, 1.807) is 9.80 Å². The largest absolute Gasteiger partial charge is 0.395 e. The second-order valence-electron chi connectivity index (χ2n) is 4.94. The lowest BCUT2D eigenvalue weighted by Gasteiger charge is -2.20. The number of nitrogens with zero attached hydrogens (tertiary/aromatic N) is 2. The fourth-order valence-corrected chi connectivity index (χ4v) is 2.50. The number of carbonyl (C=O) groups excluding carboxylic acids is 1. The highest BCUT2D eigenvalue weighted by Crippen LogP contribution is 2.30. The van der Waals surface area contributed by atoms with Crippen molar-refractivity contribution < 1.29 is 9.90 Å². The van der Waals surface area contributed by atoms with Crippen molar-refractivity contribution in [2.24, 2.45) is 0 Å². The van der Waals surface area contributed by atoms with E-state index in [9.17, 15) is 4.79 Å². The summed E-state index contributed by atoms with van der Waals surface area (Å²) in [5.41, 5.74) is 3.61. The molecule has 98 valence electrons. The third-order valence-corrected chi connectivity index (χ3v) is 3.60. The third kappa shape index (κ3) is 2.20. The van der Waals surface area contributed by atoms with Gasteiger partial charge in [-0.2, -0.15) is 0 Å². The maximum atomic E-state index is 12.0. The molecular weight excluding hydrogens is 228 g/mol. The molecule has 1 unspecified atom stereocenters. The quantitative estimate of drug-likeness (QED) is 0.885. The molecular formula is C14H20N2O2. The first-order valence-electron chi connectivity index (χ1n) is 6.24. The molecule has 1 aliphatic heterocycles. The summed E-state index contributed by atoms with van der Waals surface area (Å²) in [6.07, 6.45) is 0. The number of hydrogen-bond acceptors (Lipinski definition) is 2. The van der Waals surface area contributed by atoms with Crippen LogP contribution in [0.1, 0.15) is 22.7 Å². The van der Waals surface area contributed by atoms with Gasteiger partial charge in [0.15, 0.2) is 0 Å². The first-order valence-corrected chi connectivity index (χ1v) is 6.24. The SMILES string of the molecule is Cc1ccc(C)c(C2CN(CCO)C(=O)N2C)c1. The van der Waals surface area contributed by atoms with E-state index in [4.69, 9.17) is 5.11 Å². The Morgan fingerprint density at radius 2 is 2.11 bits per heavy atom. The van der Waals surface area contributed by atoms with Gasteiger partial charge in [-0.25, -0.2) is 4.79 Å². The molecule has 0 aromatic heterocycles. The molecule has 0 aliphatic carbocycles.